The molecule has 0 bridgehead atoms. The van der Waals surface area contributed by atoms with Gasteiger partial charge >= 0.3 is 5.97 Å². The van der Waals surface area contributed by atoms with Gasteiger partial charge in [0.05, 0.1) is 36.2 Å². The Bertz CT molecular complexity index is 648. The average molecular weight is 337 g/mol. The van der Waals surface area contributed by atoms with E-state index >= 15 is 0 Å². The molecule has 1 aliphatic rings. The van der Waals surface area contributed by atoms with Crippen LogP contribution < -0.4 is 10.1 Å². The first-order chi connectivity index (χ1) is 11.4. The van der Waals surface area contributed by atoms with Crippen LogP contribution in [0.1, 0.15) is 12.8 Å². The van der Waals surface area contributed by atoms with E-state index in [0.717, 1.165) is 6.42 Å². The molecule has 0 aromatic heterocycles. The fraction of sp³-hybridized carbons (Fsp3) is 0.467. The van der Waals surface area contributed by atoms with Gasteiger partial charge in [0.15, 0.2) is 0 Å². The largest absolute Gasteiger partial charge is 0.494 e. The highest BCUT2D eigenvalue weighted by Gasteiger charge is 2.26. The molecule has 0 radical (unpaired) electrons. The second-order valence-corrected chi connectivity index (χ2v) is 5.60. The maximum atomic E-state index is 12.2. The number of nitro groups is 1. The van der Waals surface area contributed by atoms with Gasteiger partial charge in [-0.3, -0.25) is 24.6 Å². The predicted octanol–water partition coefficient (Wildman–Crippen LogP) is 1.34. The van der Waals surface area contributed by atoms with Crippen LogP contribution in [0, 0.1) is 16.0 Å². The number of piperidine rings is 1. The minimum atomic E-state index is -0.850. The molecule has 2 rings (SSSR count). The summed E-state index contributed by atoms with van der Waals surface area (Å²) in [6.45, 7) is 1.05. The summed E-state index contributed by atoms with van der Waals surface area (Å²) in [5.74, 6) is -1.44. The Kier molecular flexibility index (Phi) is 5.69. The van der Waals surface area contributed by atoms with E-state index in [4.69, 9.17) is 9.84 Å². The predicted molar refractivity (Wildman–Crippen MR) is 85.1 cm³/mol. The molecule has 2 N–H and O–H groups in total. The SMILES string of the molecule is COc1cc([N+](=O)[O-])ccc1NC(=O)CN1CCCC(C(=O)O)C1. The van der Waals surface area contributed by atoms with E-state index in [-0.39, 0.29) is 23.9 Å². The Labute approximate surface area is 138 Å². The van der Waals surface area contributed by atoms with Gasteiger partial charge in [-0.05, 0) is 25.5 Å². The number of nitrogens with one attached hydrogen (secondary N) is 1. The summed E-state index contributed by atoms with van der Waals surface area (Å²) in [7, 11) is 1.36. The Morgan fingerprint density at radius 1 is 1.50 bits per heavy atom. The van der Waals surface area contributed by atoms with E-state index < -0.39 is 16.8 Å². The first-order valence-corrected chi connectivity index (χ1v) is 7.48. The molecule has 1 saturated heterocycles. The third-order valence-corrected chi connectivity index (χ3v) is 3.89. The molecule has 24 heavy (non-hydrogen) atoms. The van der Waals surface area contributed by atoms with Crippen molar-refractivity contribution in [2.45, 2.75) is 12.8 Å². The highest BCUT2D eigenvalue weighted by Crippen LogP contribution is 2.29. The number of aliphatic carboxylic acids is 1. The summed E-state index contributed by atoms with van der Waals surface area (Å²) in [5.41, 5.74) is 0.199. The van der Waals surface area contributed by atoms with Gasteiger partial charge in [0.1, 0.15) is 5.75 Å². The van der Waals surface area contributed by atoms with Gasteiger partial charge in [-0.15, -0.1) is 0 Å². The molecule has 9 heteroatoms. The third kappa shape index (κ3) is 4.42. The molecular formula is C15H19N3O6. The van der Waals surface area contributed by atoms with Crippen molar-refractivity contribution in [3.8, 4) is 5.75 Å². The fourth-order valence-electron chi connectivity index (χ4n) is 2.69. The number of carboxylic acid groups (broad SMARTS) is 1. The molecule has 1 amide bonds. The zero-order valence-corrected chi connectivity index (χ0v) is 13.2. The van der Waals surface area contributed by atoms with E-state index in [1.54, 1.807) is 4.90 Å². The smallest absolute Gasteiger partial charge is 0.307 e. The van der Waals surface area contributed by atoms with Crippen LogP contribution >= 0.6 is 0 Å². The number of nitro benzene ring substituents is 1. The zero-order chi connectivity index (χ0) is 17.7. The minimum absolute atomic E-state index is 0.0594. The van der Waals surface area contributed by atoms with E-state index in [1.807, 2.05) is 0 Å². The number of likely N-dealkylation sites (tertiary alicyclic amines) is 1. The van der Waals surface area contributed by atoms with Crippen molar-refractivity contribution in [2.75, 3.05) is 32.1 Å². The Morgan fingerprint density at radius 2 is 2.25 bits per heavy atom. The molecule has 1 heterocycles. The van der Waals surface area contributed by atoms with Crippen LogP contribution in [-0.2, 0) is 9.59 Å². The van der Waals surface area contributed by atoms with Gasteiger partial charge in [-0.1, -0.05) is 0 Å². The lowest BCUT2D eigenvalue weighted by atomic mass is 9.98. The van der Waals surface area contributed by atoms with Crippen LogP contribution in [0.3, 0.4) is 0 Å². The quantitative estimate of drug-likeness (QED) is 0.593. The molecule has 0 saturated carbocycles. The van der Waals surface area contributed by atoms with Crippen molar-refractivity contribution in [1.29, 1.82) is 0 Å². The molecule has 1 aliphatic heterocycles. The van der Waals surface area contributed by atoms with Crippen molar-refractivity contribution in [2.24, 2.45) is 5.92 Å². The second-order valence-electron chi connectivity index (χ2n) is 5.60. The number of rotatable bonds is 6. The highest BCUT2D eigenvalue weighted by atomic mass is 16.6. The minimum Gasteiger partial charge on any atom is -0.494 e. The van der Waals surface area contributed by atoms with Crippen LogP contribution in [0.15, 0.2) is 18.2 Å². The van der Waals surface area contributed by atoms with Crippen molar-refractivity contribution >= 4 is 23.3 Å². The Balaban J connectivity index is 1.99. The molecule has 1 aromatic carbocycles. The van der Waals surface area contributed by atoms with Gasteiger partial charge in [-0.25, -0.2) is 0 Å². The molecule has 0 aliphatic carbocycles. The summed E-state index contributed by atoms with van der Waals surface area (Å²) in [5, 5.41) is 22.5. The fourth-order valence-corrected chi connectivity index (χ4v) is 2.69. The Hall–Kier alpha value is -2.68. The van der Waals surface area contributed by atoms with Crippen LogP contribution in [0.4, 0.5) is 11.4 Å². The Morgan fingerprint density at radius 3 is 2.88 bits per heavy atom. The van der Waals surface area contributed by atoms with Gasteiger partial charge in [0.25, 0.3) is 5.69 Å². The molecule has 130 valence electrons. The van der Waals surface area contributed by atoms with Crippen LogP contribution in [0.25, 0.3) is 0 Å². The number of amides is 1. The molecule has 1 atom stereocenters. The lowest BCUT2D eigenvalue weighted by Crippen LogP contribution is -2.42. The first-order valence-electron chi connectivity index (χ1n) is 7.48. The molecule has 1 fully saturated rings. The summed E-state index contributed by atoms with van der Waals surface area (Å²) in [6, 6.07) is 3.92. The van der Waals surface area contributed by atoms with E-state index in [0.29, 0.717) is 25.2 Å². The molecule has 9 nitrogen and oxygen atoms in total. The monoisotopic (exact) mass is 337 g/mol. The van der Waals surface area contributed by atoms with Gasteiger partial charge < -0.3 is 15.2 Å². The number of benzene rings is 1. The summed E-state index contributed by atoms with van der Waals surface area (Å²) < 4.78 is 5.07. The number of hydrogen-bond acceptors (Lipinski definition) is 6. The number of carbonyl (C=O) groups is 2. The molecular weight excluding hydrogens is 318 g/mol. The number of nitrogens with zero attached hydrogens (tertiary/aromatic N) is 2. The molecule has 1 aromatic rings. The van der Waals surface area contributed by atoms with Crippen LogP contribution in [-0.4, -0.2) is 53.6 Å². The number of methoxy groups -OCH3 is 1. The lowest BCUT2D eigenvalue weighted by molar-refractivity contribution is -0.384. The summed E-state index contributed by atoms with van der Waals surface area (Å²) in [4.78, 5) is 35.2. The van der Waals surface area contributed by atoms with Crippen molar-refractivity contribution in [3.63, 3.8) is 0 Å². The molecule has 1 unspecified atom stereocenters. The number of non-ortho nitro benzene ring substituents is 1. The third-order valence-electron chi connectivity index (χ3n) is 3.89. The van der Waals surface area contributed by atoms with Crippen molar-refractivity contribution in [3.05, 3.63) is 28.3 Å². The van der Waals surface area contributed by atoms with Crippen LogP contribution in [0.5, 0.6) is 5.75 Å². The summed E-state index contributed by atoms with van der Waals surface area (Å²) >= 11 is 0. The number of hydrogen-bond donors (Lipinski definition) is 2. The zero-order valence-electron chi connectivity index (χ0n) is 13.2. The van der Waals surface area contributed by atoms with E-state index in [1.165, 1.54) is 25.3 Å². The maximum absolute atomic E-state index is 12.2. The summed E-state index contributed by atoms with van der Waals surface area (Å²) in [6.07, 6.45) is 1.34. The van der Waals surface area contributed by atoms with Crippen molar-refractivity contribution < 1.29 is 24.4 Å². The number of ether oxygens (including phenoxy) is 1. The van der Waals surface area contributed by atoms with Gasteiger partial charge in [-0.2, -0.15) is 0 Å². The maximum Gasteiger partial charge on any atom is 0.307 e. The number of anilines is 1. The molecule has 0 spiro atoms. The average Bonchev–Trinajstić information content (AvgIpc) is 2.55. The van der Waals surface area contributed by atoms with Crippen molar-refractivity contribution in [1.82, 2.24) is 4.90 Å². The van der Waals surface area contributed by atoms with E-state index in [9.17, 15) is 19.7 Å². The first kappa shape index (κ1) is 17.7. The highest BCUT2D eigenvalue weighted by molar-refractivity contribution is 5.94. The number of carboxylic acids is 1. The second kappa shape index (κ2) is 7.73. The standard InChI is InChI=1S/C15H19N3O6/c1-24-13-7-11(18(22)23)4-5-12(13)16-14(19)9-17-6-2-3-10(8-17)15(20)21/h4-5,7,10H,2-3,6,8-9H2,1H3,(H,16,19)(H,20,21). The lowest BCUT2D eigenvalue weighted by Gasteiger charge is -2.29. The topological polar surface area (TPSA) is 122 Å². The van der Waals surface area contributed by atoms with Gasteiger partial charge in [0, 0.05) is 12.6 Å². The van der Waals surface area contributed by atoms with E-state index in [2.05, 4.69) is 5.32 Å². The normalized spacial score (nSPS) is 18.0. The van der Waals surface area contributed by atoms with Crippen LogP contribution in [0.2, 0.25) is 0 Å². The number of carbonyl (C=O) groups excluding carboxylic acids is 1. The van der Waals surface area contributed by atoms with Gasteiger partial charge in [0.2, 0.25) is 5.91 Å².